The predicted molar refractivity (Wildman–Crippen MR) is 123 cm³/mol. The first-order chi connectivity index (χ1) is 15.4. The van der Waals surface area contributed by atoms with E-state index in [0.29, 0.717) is 37.0 Å². The molecule has 0 aromatic carbocycles. The fourth-order valence-electron chi connectivity index (χ4n) is 4.70. The lowest BCUT2D eigenvalue weighted by Gasteiger charge is -2.37. The van der Waals surface area contributed by atoms with Crippen molar-refractivity contribution >= 4 is 11.8 Å². The van der Waals surface area contributed by atoms with Crippen molar-refractivity contribution in [3.63, 3.8) is 0 Å². The maximum Gasteiger partial charge on any atom is 0.271 e. The summed E-state index contributed by atoms with van der Waals surface area (Å²) in [5.41, 5.74) is 1.57. The van der Waals surface area contributed by atoms with Crippen molar-refractivity contribution in [2.45, 2.75) is 33.6 Å². The number of ether oxygens (including phenoxy) is 1. The van der Waals surface area contributed by atoms with Crippen LogP contribution in [-0.4, -0.2) is 72.6 Å². The Morgan fingerprint density at radius 3 is 2.69 bits per heavy atom. The fourth-order valence-corrected chi connectivity index (χ4v) is 4.70. The molecule has 176 valence electrons. The first-order valence-corrected chi connectivity index (χ1v) is 11.7. The molecule has 0 bridgehead atoms. The van der Waals surface area contributed by atoms with Gasteiger partial charge in [0.2, 0.25) is 5.91 Å². The number of carbonyl (C=O) groups is 2. The molecule has 1 saturated heterocycles. The number of carbonyl (C=O) groups excluding carboxylic acids is 2. The zero-order chi connectivity index (χ0) is 22.9. The minimum Gasteiger partial charge on any atom is -0.379 e. The van der Waals surface area contributed by atoms with Gasteiger partial charge in [-0.25, -0.2) is 4.98 Å². The minimum absolute atomic E-state index is 0.118. The van der Waals surface area contributed by atoms with Crippen molar-refractivity contribution in [2.75, 3.05) is 45.9 Å². The van der Waals surface area contributed by atoms with Gasteiger partial charge in [-0.2, -0.15) is 0 Å². The van der Waals surface area contributed by atoms with Crippen molar-refractivity contribution in [1.82, 2.24) is 25.5 Å². The third-order valence-corrected chi connectivity index (χ3v) is 6.66. The maximum absolute atomic E-state index is 12.6. The molecule has 3 rings (SSSR count). The Morgan fingerprint density at radius 1 is 1.22 bits per heavy atom. The molecule has 2 N–H and O–H groups in total. The topological polar surface area (TPSA) is 96.5 Å². The molecular formula is C24H37N5O3. The van der Waals surface area contributed by atoms with Crippen molar-refractivity contribution < 1.29 is 14.3 Å². The highest BCUT2D eigenvalue weighted by atomic mass is 16.5. The zero-order valence-electron chi connectivity index (χ0n) is 19.5. The number of morpholine rings is 1. The summed E-state index contributed by atoms with van der Waals surface area (Å²) >= 11 is 0. The van der Waals surface area contributed by atoms with E-state index in [1.165, 1.54) is 18.0 Å². The first kappa shape index (κ1) is 24.3. The van der Waals surface area contributed by atoms with Crippen LogP contribution in [0.4, 0.5) is 0 Å². The number of aromatic nitrogens is 2. The Labute approximate surface area is 191 Å². The van der Waals surface area contributed by atoms with Crippen LogP contribution in [0.25, 0.3) is 0 Å². The molecule has 0 spiro atoms. The summed E-state index contributed by atoms with van der Waals surface area (Å²) in [5.74, 6) is 1.28. The average Bonchev–Trinajstić information content (AvgIpc) is 2.80. The molecule has 2 heterocycles. The van der Waals surface area contributed by atoms with E-state index in [1.54, 1.807) is 6.20 Å². The second-order valence-electron chi connectivity index (χ2n) is 9.22. The molecule has 2 amide bonds. The lowest BCUT2D eigenvalue weighted by molar-refractivity contribution is -0.122. The Kier molecular flexibility index (Phi) is 9.17. The summed E-state index contributed by atoms with van der Waals surface area (Å²) in [6.07, 6.45) is 8.29. The summed E-state index contributed by atoms with van der Waals surface area (Å²) in [7, 11) is 0. The number of nitrogens with one attached hydrogen (secondary N) is 2. The molecule has 1 aliphatic heterocycles. The van der Waals surface area contributed by atoms with Crippen molar-refractivity contribution in [3.05, 3.63) is 35.9 Å². The number of allylic oxidation sites excluding steroid dienone is 1. The summed E-state index contributed by atoms with van der Waals surface area (Å²) in [6, 6.07) is 0. The molecule has 1 fully saturated rings. The predicted octanol–water partition coefficient (Wildman–Crippen LogP) is 1.90. The van der Waals surface area contributed by atoms with E-state index in [9.17, 15) is 9.59 Å². The first-order valence-electron chi connectivity index (χ1n) is 11.7. The van der Waals surface area contributed by atoms with Crippen LogP contribution in [0.3, 0.4) is 0 Å². The second kappa shape index (κ2) is 12.1. The average molecular weight is 444 g/mol. The quantitative estimate of drug-likeness (QED) is 0.566. The second-order valence-corrected chi connectivity index (χ2v) is 9.22. The third kappa shape index (κ3) is 7.10. The molecule has 1 aromatic heterocycles. The van der Waals surface area contributed by atoms with E-state index in [-0.39, 0.29) is 23.7 Å². The standard InChI is InChI=1S/C24H37N5O3/c1-17(2)21-13-19(14-23(30)27-6-7-29-8-10-32-11-9-29)18(3)12-20(21)15-28-24(31)22-16-25-4-5-26-22/h4-5,12,16-17,19-21H,6-11,13-15H2,1-3H3,(H,27,30)(H,28,31). The van der Waals surface area contributed by atoms with Gasteiger partial charge in [0, 0.05) is 51.5 Å². The van der Waals surface area contributed by atoms with Crippen LogP contribution < -0.4 is 10.6 Å². The Morgan fingerprint density at radius 2 is 2.00 bits per heavy atom. The van der Waals surface area contributed by atoms with E-state index in [0.717, 1.165) is 39.3 Å². The zero-order valence-corrected chi connectivity index (χ0v) is 19.5. The lowest BCUT2D eigenvalue weighted by atomic mass is 9.69. The largest absolute Gasteiger partial charge is 0.379 e. The van der Waals surface area contributed by atoms with Gasteiger partial charge in [0.25, 0.3) is 5.91 Å². The lowest BCUT2D eigenvalue weighted by Crippen LogP contribution is -2.42. The minimum atomic E-state index is -0.201. The normalized spacial score (nSPS) is 24.1. The van der Waals surface area contributed by atoms with Crippen LogP contribution in [0.15, 0.2) is 30.2 Å². The van der Waals surface area contributed by atoms with Crippen LogP contribution in [0.2, 0.25) is 0 Å². The van der Waals surface area contributed by atoms with E-state index in [4.69, 9.17) is 4.74 Å². The van der Waals surface area contributed by atoms with E-state index >= 15 is 0 Å². The Bertz CT molecular complexity index is 777. The number of nitrogens with zero attached hydrogens (tertiary/aromatic N) is 3. The monoisotopic (exact) mass is 443 g/mol. The SMILES string of the molecule is CC1=CC(CNC(=O)c2cnccn2)C(C(C)C)CC1CC(=O)NCCN1CCOCC1. The molecule has 0 radical (unpaired) electrons. The summed E-state index contributed by atoms with van der Waals surface area (Å²) < 4.78 is 5.37. The van der Waals surface area contributed by atoms with E-state index in [2.05, 4.69) is 52.3 Å². The van der Waals surface area contributed by atoms with Gasteiger partial charge in [-0.15, -0.1) is 0 Å². The van der Waals surface area contributed by atoms with E-state index in [1.807, 2.05) is 0 Å². The Balaban J connectivity index is 1.50. The maximum atomic E-state index is 12.6. The van der Waals surface area contributed by atoms with Gasteiger partial charge in [0.15, 0.2) is 0 Å². The van der Waals surface area contributed by atoms with Gasteiger partial charge < -0.3 is 15.4 Å². The van der Waals surface area contributed by atoms with Gasteiger partial charge in [0.05, 0.1) is 19.4 Å². The number of rotatable bonds is 9. The van der Waals surface area contributed by atoms with Gasteiger partial charge in [-0.05, 0) is 37.0 Å². The molecule has 3 atom stereocenters. The molecule has 3 unspecified atom stereocenters. The van der Waals surface area contributed by atoms with Crippen LogP contribution >= 0.6 is 0 Å². The summed E-state index contributed by atoms with van der Waals surface area (Å²) in [6.45, 7) is 12.1. The van der Waals surface area contributed by atoms with Gasteiger partial charge >= 0.3 is 0 Å². The molecule has 32 heavy (non-hydrogen) atoms. The van der Waals surface area contributed by atoms with Crippen LogP contribution in [0.1, 0.15) is 44.1 Å². The number of hydrogen-bond donors (Lipinski definition) is 2. The van der Waals surface area contributed by atoms with Gasteiger partial charge in [0.1, 0.15) is 5.69 Å². The molecule has 1 aliphatic carbocycles. The van der Waals surface area contributed by atoms with Crippen LogP contribution in [0.5, 0.6) is 0 Å². The molecular weight excluding hydrogens is 406 g/mol. The number of amides is 2. The molecule has 8 heteroatoms. The number of hydrogen-bond acceptors (Lipinski definition) is 6. The van der Waals surface area contributed by atoms with Crippen molar-refractivity contribution in [1.29, 1.82) is 0 Å². The highest BCUT2D eigenvalue weighted by Crippen LogP contribution is 2.38. The summed E-state index contributed by atoms with van der Waals surface area (Å²) in [4.78, 5) is 35.3. The van der Waals surface area contributed by atoms with Crippen LogP contribution in [-0.2, 0) is 9.53 Å². The third-order valence-electron chi connectivity index (χ3n) is 6.66. The van der Waals surface area contributed by atoms with Crippen LogP contribution in [0, 0.1) is 23.7 Å². The van der Waals surface area contributed by atoms with E-state index < -0.39 is 0 Å². The molecule has 0 saturated carbocycles. The van der Waals surface area contributed by atoms with Crippen molar-refractivity contribution in [3.8, 4) is 0 Å². The molecule has 1 aromatic rings. The fraction of sp³-hybridized carbons (Fsp3) is 0.667. The Hall–Kier alpha value is -2.32. The summed E-state index contributed by atoms with van der Waals surface area (Å²) in [5, 5.41) is 6.10. The highest BCUT2D eigenvalue weighted by Gasteiger charge is 2.32. The van der Waals surface area contributed by atoms with Gasteiger partial charge in [-0.3, -0.25) is 19.5 Å². The highest BCUT2D eigenvalue weighted by molar-refractivity contribution is 5.91. The van der Waals surface area contributed by atoms with Gasteiger partial charge in [-0.1, -0.05) is 25.5 Å². The molecule has 8 nitrogen and oxygen atoms in total. The smallest absolute Gasteiger partial charge is 0.271 e. The molecule has 2 aliphatic rings. The van der Waals surface area contributed by atoms with Crippen molar-refractivity contribution in [2.24, 2.45) is 23.7 Å².